The SMILES string of the molecule is CCC(c1ccncc1)N(C)C(=O)c1n[nH]c2c1CNCC2.Cl. The molecule has 0 fully saturated rings. The van der Waals surface area contributed by atoms with Crippen LogP contribution in [0, 0.1) is 0 Å². The average Bonchev–Trinajstić information content (AvgIpc) is 3.00. The normalized spacial score (nSPS) is 14.5. The number of halogens is 1. The Morgan fingerprint density at radius 1 is 1.39 bits per heavy atom. The third kappa shape index (κ3) is 3.38. The highest BCUT2D eigenvalue weighted by Crippen LogP contribution is 2.25. The van der Waals surface area contributed by atoms with Gasteiger partial charge < -0.3 is 10.2 Å². The number of nitrogens with one attached hydrogen (secondary N) is 2. The molecule has 3 heterocycles. The van der Waals surface area contributed by atoms with Crippen molar-refractivity contribution in [2.24, 2.45) is 0 Å². The van der Waals surface area contributed by atoms with Crippen LogP contribution in [0.5, 0.6) is 0 Å². The number of H-pyrrole nitrogens is 1. The molecule has 1 atom stereocenters. The molecule has 0 saturated carbocycles. The van der Waals surface area contributed by atoms with Gasteiger partial charge in [-0.15, -0.1) is 12.4 Å². The van der Waals surface area contributed by atoms with E-state index in [4.69, 9.17) is 0 Å². The summed E-state index contributed by atoms with van der Waals surface area (Å²) in [4.78, 5) is 18.7. The number of hydrogen-bond acceptors (Lipinski definition) is 4. The van der Waals surface area contributed by atoms with Crippen LogP contribution in [0.2, 0.25) is 0 Å². The molecule has 2 N–H and O–H groups in total. The summed E-state index contributed by atoms with van der Waals surface area (Å²) < 4.78 is 0. The Morgan fingerprint density at radius 3 is 2.83 bits per heavy atom. The molecule has 0 spiro atoms. The molecular formula is C16H22ClN5O. The lowest BCUT2D eigenvalue weighted by molar-refractivity contribution is 0.0718. The van der Waals surface area contributed by atoms with Crippen molar-refractivity contribution < 1.29 is 4.79 Å². The summed E-state index contributed by atoms with van der Waals surface area (Å²) >= 11 is 0. The van der Waals surface area contributed by atoms with E-state index in [9.17, 15) is 4.79 Å². The zero-order valence-electron chi connectivity index (χ0n) is 13.4. The van der Waals surface area contributed by atoms with Gasteiger partial charge in [0.2, 0.25) is 0 Å². The predicted molar refractivity (Wildman–Crippen MR) is 90.6 cm³/mol. The van der Waals surface area contributed by atoms with Gasteiger partial charge in [-0.25, -0.2) is 0 Å². The van der Waals surface area contributed by atoms with E-state index in [0.29, 0.717) is 12.2 Å². The third-order valence-electron chi connectivity index (χ3n) is 4.27. The Morgan fingerprint density at radius 2 is 2.13 bits per heavy atom. The molecule has 124 valence electrons. The van der Waals surface area contributed by atoms with E-state index in [0.717, 1.165) is 36.2 Å². The van der Waals surface area contributed by atoms with Crippen LogP contribution in [0.4, 0.5) is 0 Å². The summed E-state index contributed by atoms with van der Waals surface area (Å²) in [5.74, 6) is -0.0372. The smallest absolute Gasteiger partial charge is 0.274 e. The van der Waals surface area contributed by atoms with Gasteiger partial charge in [-0.05, 0) is 24.1 Å². The molecule has 0 saturated heterocycles. The van der Waals surface area contributed by atoms with Gasteiger partial charge in [-0.2, -0.15) is 5.10 Å². The van der Waals surface area contributed by atoms with E-state index in [1.165, 1.54) is 0 Å². The Labute approximate surface area is 142 Å². The number of hydrogen-bond donors (Lipinski definition) is 2. The van der Waals surface area contributed by atoms with Crippen molar-refractivity contribution in [2.75, 3.05) is 13.6 Å². The molecule has 1 aliphatic rings. The van der Waals surface area contributed by atoms with E-state index in [2.05, 4.69) is 27.4 Å². The fourth-order valence-corrected chi connectivity index (χ4v) is 3.03. The summed E-state index contributed by atoms with van der Waals surface area (Å²) in [6.45, 7) is 3.70. The van der Waals surface area contributed by atoms with Crippen LogP contribution in [0.3, 0.4) is 0 Å². The Hall–Kier alpha value is -1.92. The highest BCUT2D eigenvalue weighted by molar-refractivity contribution is 5.94. The molecule has 6 nitrogen and oxygen atoms in total. The summed E-state index contributed by atoms with van der Waals surface area (Å²) in [6, 6.07) is 3.94. The minimum absolute atomic E-state index is 0. The van der Waals surface area contributed by atoms with Crippen LogP contribution in [-0.4, -0.2) is 39.6 Å². The van der Waals surface area contributed by atoms with Crippen molar-refractivity contribution in [1.82, 2.24) is 25.4 Å². The molecule has 0 aromatic carbocycles. The maximum atomic E-state index is 12.9. The molecule has 1 unspecified atom stereocenters. The molecule has 23 heavy (non-hydrogen) atoms. The maximum absolute atomic E-state index is 12.9. The second-order valence-electron chi connectivity index (χ2n) is 5.58. The first kappa shape index (κ1) is 17.4. The lowest BCUT2D eigenvalue weighted by Crippen LogP contribution is -2.33. The fourth-order valence-electron chi connectivity index (χ4n) is 3.03. The molecule has 0 radical (unpaired) electrons. The average molecular weight is 336 g/mol. The summed E-state index contributed by atoms with van der Waals surface area (Å²) in [6.07, 6.45) is 5.26. The quantitative estimate of drug-likeness (QED) is 0.897. The minimum Gasteiger partial charge on any atom is -0.333 e. The number of carbonyl (C=O) groups is 1. The maximum Gasteiger partial charge on any atom is 0.274 e. The van der Waals surface area contributed by atoms with Gasteiger partial charge >= 0.3 is 0 Å². The van der Waals surface area contributed by atoms with Gasteiger partial charge in [-0.1, -0.05) is 6.92 Å². The molecule has 1 aliphatic heterocycles. The highest BCUT2D eigenvalue weighted by atomic mass is 35.5. The van der Waals surface area contributed by atoms with Crippen molar-refractivity contribution in [3.05, 3.63) is 47.0 Å². The summed E-state index contributed by atoms with van der Waals surface area (Å²) in [5.41, 5.74) is 3.72. The standard InChI is InChI=1S/C16H21N5O.ClH/c1-3-14(11-4-7-17-8-5-11)21(2)16(22)15-12-10-18-9-6-13(12)19-20-15;/h4-5,7-8,14,18H,3,6,9-10H2,1-2H3,(H,19,20);1H. The minimum atomic E-state index is -0.0372. The first-order valence-electron chi connectivity index (χ1n) is 7.66. The molecule has 0 aliphatic carbocycles. The van der Waals surface area contributed by atoms with Crippen molar-refractivity contribution in [3.8, 4) is 0 Å². The third-order valence-corrected chi connectivity index (χ3v) is 4.27. The molecule has 0 bridgehead atoms. The van der Waals surface area contributed by atoms with Gasteiger partial charge in [0.15, 0.2) is 5.69 Å². The van der Waals surface area contributed by atoms with Crippen molar-refractivity contribution >= 4 is 18.3 Å². The lowest BCUT2D eigenvalue weighted by atomic mass is 10.0. The first-order chi connectivity index (χ1) is 10.7. The van der Waals surface area contributed by atoms with Crippen LogP contribution >= 0.6 is 12.4 Å². The molecular weight excluding hydrogens is 314 g/mol. The van der Waals surface area contributed by atoms with E-state index < -0.39 is 0 Å². The molecule has 7 heteroatoms. The number of fused-ring (bicyclic) bond motifs is 1. The molecule has 2 aromatic rings. The molecule has 2 aromatic heterocycles. The Balaban J connectivity index is 0.00000192. The van der Waals surface area contributed by atoms with Crippen molar-refractivity contribution in [2.45, 2.75) is 32.4 Å². The summed E-state index contributed by atoms with van der Waals surface area (Å²) in [7, 11) is 1.84. The monoisotopic (exact) mass is 335 g/mol. The Bertz CT molecular complexity index is 658. The largest absolute Gasteiger partial charge is 0.333 e. The van der Waals surface area contributed by atoms with Crippen LogP contribution in [-0.2, 0) is 13.0 Å². The van der Waals surface area contributed by atoms with Gasteiger partial charge in [0.05, 0.1) is 6.04 Å². The van der Waals surface area contributed by atoms with E-state index in [-0.39, 0.29) is 24.4 Å². The van der Waals surface area contributed by atoms with Crippen LogP contribution in [0.15, 0.2) is 24.5 Å². The Kier molecular flexibility index (Phi) is 5.74. The molecule has 1 amide bonds. The van der Waals surface area contributed by atoms with E-state index >= 15 is 0 Å². The number of carbonyl (C=O) groups excluding carboxylic acids is 1. The number of nitrogens with zero attached hydrogens (tertiary/aromatic N) is 3. The van der Waals surface area contributed by atoms with Crippen molar-refractivity contribution in [3.63, 3.8) is 0 Å². The van der Waals surface area contributed by atoms with E-state index in [1.54, 1.807) is 17.3 Å². The zero-order chi connectivity index (χ0) is 15.5. The first-order valence-corrected chi connectivity index (χ1v) is 7.66. The van der Waals surface area contributed by atoms with Gasteiger partial charge in [-0.3, -0.25) is 14.9 Å². The number of rotatable bonds is 4. The number of aromatic nitrogens is 3. The van der Waals surface area contributed by atoms with Gasteiger partial charge in [0, 0.05) is 50.2 Å². The predicted octanol–water partition coefficient (Wildman–Crippen LogP) is 2.10. The molecule has 3 rings (SSSR count). The van der Waals surface area contributed by atoms with Crippen LogP contribution < -0.4 is 5.32 Å². The van der Waals surface area contributed by atoms with Gasteiger partial charge in [0.25, 0.3) is 5.91 Å². The second kappa shape index (κ2) is 7.57. The van der Waals surface area contributed by atoms with Gasteiger partial charge in [0.1, 0.15) is 0 Å². The summed E-state index contributed by atoms with van der Waals surface area (Å²) in [5, 5.41) is 10.6. The van der Waals surface area contributed by atoms with E-state index in [1.807, 2.05) is 19.2 Å². The second-order valence-corrected chi connectivity index (χ2v) is 5.58. The highest BCUT2D eigenvalue weighted by Gasteiger charge is 2.27. The number of amides is 1. The number of aromatic amines is 1. The van der Waals surface area contributed by atoms with Crippen LogP contribution in [0.1, 0.15) is 46.7 Å². The topological polar surface area (TPSA) is 73.9 Å². The lowest BCUT2D eigenvalue weighted by Gasteiger charge is -2.27. The fraction of sp³-hybridized carbons (Fsp3) is 0.438. The number of pyridine rings is 1. The zero-order valence-corrected chi connectivity index (χ0v) is 14.2. The van der Waals surface area contributed by atoms with Crippen LogP contribution in [0.25, 0.3) is 0 Å². The van der Waals surface area contributed by atoms with Crippen molar-refractivity contribution in [1.29, 1.82) is 0 Å².